The SMILES string of the molecule is Cc1ncc(C(C)C)c2c1[C@H](C)[C@H](C)[C@H](C)CN2C(C)C. The summed E-state index contributed by atoms with van der Waals surface area (Å²) in [5, 5.41) is 0. The molecule has 118 valence electrons. The molecule has 1 aromatic heterocycles. The van der Waals surface area contributed by atoms with Crippen molar-refractivity contribution >= 4 is 5.69 Å². The summed E-state index contributed by atoms with van der Waals surface area (Å²) in [6, 6.07) is 0.531. The fourth-order valence-electron chi connectivity index (χ4n) is 3.70. The molecule has 1 aliphatic heterocycles. The lowest BCUT2D eigenvalue weighted by molar-refractivity contribution is 0.346. The number of aryl methyl sites for hydroxylation is 1. The Hall–Kier alpha value is -1.05. The molecule has 0 N–H and O–H groups in total. The number of pyridine rings is 1. The summed E-state index contributed by atoms with van der Waals surface area (Å²) in [7, 11) is 0. The molecule has 2 heterocycles. The van der Waals surface area contributed by atoms with Gasteiger partial charge < -0.3 is 4.90 Å². The van der Waals surface area contributed by atoms with Gasteiger partial charge in [0.2, 0.25) is 0 Å². The second kappa shape index (κ2) is 5.98. The summed E-state index contributed by atoms with van der Waals surface area (Å²) >= 11 is 0. The zero-order chi connectivity index (χ0) is 15.9. The summed E-state index contributed by atoms with van der Waals surface area (Å²) in [5.41, 5.74) is 5.61. The average Bonchev–Trinajstić information content (AvgIpc) is 2.50. The van der Waals surface area contributed by atoms with Crippen LogP contribution in [-0.2, 0) is 0 Å². The first-order valence-corrected chi connectivity index (χ1v) is 8.51. The minimum Gasteiger partial charge on any atom is -0.368 e. The molecule has 0 aliphatic carbocycles. The van der Waals surface area contributed by atoms with Crippen LogP contribution in [0.15, 0.2) is 6.20 Å². The fraction of sp³-hybridized carbons (Fsp3) is 0.737. The van der Waals surface area contributed by atoms with E-state index in [4.69, 9.17) is 4.98 Å². The van der Waals surface area contributed by atoms with E-state index in [1.165, 1.54) is 22.5 Å². The van der Waals surface area contributed by atoms with Gasteiger partial charge in [0.05, 0.1) is 0 Å². The Morgan fingerprint density at radius 2 is 1.76 bits per heavy atom. The highest BCUT2D eigenvalue weighted by Crippen LogP contribution is 2.44. The van der Waals surface area contributed by atoms with Crippen molar-refractivity contribution in [2.24, 2.45) is 11.8 Å². The number of nitrogens with zero attached hydrogens (tertiary/aromatic N) is 2. The molecular formula is C19H32N2. The maximum atomic E-state index is 4.73. The van der Waals surface area contributed by atoms with Crippen molar-refractivity contribution < 1.29 is 0 Å². The van der Waals surface area contributed by atoms with Gasteiger partial charge in [-0.15, -0.1) is 0 Å². The van der Waals surface area contributed by atoms with Crippen molar-refractivity contribution in [3.05, 3.63) is 23.0 Å². The zero-order valence-corrected chi connectivity index (χ0v) is 15.1. The van der Waals surface area contributed by atoms with Crippen LogP contribution in [0.5, 0.6) is 0 Å². The third-order valence-corrected chi connectivity index (χ3v) is 5.47. The van der Waals surface area contributed by atoms with Gasteiger partial charge in [0, 0.05) is 35.7 Å². The lowest BCUT2D eigenvalue weighted by Crippen LogP contribution is -2.36. The third kappa shape index (κ3) is 2.82. The Labute approximate surface area is 131 Å². The largest absolute Gasteiger partial charge is 0.368 e. The number of anilines is 1. The van der Waals surface area contributed by atoms with Gasteiger partial charge in [-0.2, -0.15) is 0 Å². The van der Waals surface area contributed by atoms with Crippen LogP contribution in [0.1, 0.15) is 77.1 Å². The van der Waals surface area contributed by atoms with E-state index in [-0.39, 0.29) is 0 Å². The Balaban J connectivity index is 2.74. The van der Waals surface area contributed by atoms with Crippen LogP contribution in [0.2, 0.25) is 0 Å². The Morgan fingerprint density at radius 3 is 2.29 bits per heavy atom. The molecule has 0 unspecified atom stereocenters. The van der Waals surface area contributed by atoms with Crippen molar-refractivity contribution in [2.75, 3.05) is 11.4 Å². The van der Waals surface area contributed by atoms with E-state index >= 15 is 0 Å². The molecule has 21 heavy (non-hydrogen) atoms. The van der Waals surface area contributed by atoms with Gasteiger partial charge in [0.15, 0.2) is 0 Å². The van der Waals surface area contributed by atoms with Crippen LogP contribution in [-0.4, -0.2) is 17.6 Å². The highest BCUT2D eigenvalue weighted by atomic mass is 15.2. The number of hydrogen-bond donors (Lipinski definition) is 0. The van der Waals surface area contributed by atoms with Crippen molar-refractivity contribution in [1.82, 2.24) is 4.98 Å². The van der Waals surface area contributed by atoms with E-state index in [0.29, 0.717) is 29.7 Å². The molecule has 2 nitrogen and oxygen atoms in total. The van der Waals surface area contributed by atoms with E-state index in [1.807, 2.05) is 0 Å². The maximum absolute atomic E-state index is 4.73. The van der Waals surface area contributed by atoms with Gasteiger partial charge >= 0.3 is 0 Å². The minimum absolute atomic E-state index is 0.518. The van der Waals surface area contributed by atoms with E-state index in [2.05, 4.69) is 66.5 Å². The molecule has 2 heteroatoms. The first-order chi connectivity index (χ1) is 9.75. The molecule has 0 bridgehead atoms. The first-order valence-electron chi connectivity index (χ1n) is 8.51. The molecule has 0 fully saturated rings. The lowest BCUT2D eigenvalue weighted by atomic mass is 9.80. The highest BCUT2D eigenvalue weighted by molar-refractivity contribution is 5.64. The average molecular weight is 288 g/mol. The predicted octanol–water partition coefficient (Wildman–Crippen LogP) is 5.12. The minimum atomic E-state index is 0.518. The van der Waals surface area contributed by atoms with Crippen LogP contribution in [0.25, 0.3) is 0 Å². The second-order valence-electron chi connectivity index (χ2n) is 7.59. The van der Waals surface area contributed by atoms with Crippen LogP contribution in [0.4, 0.5) is 5.69 Å². The predicted molar refractivity (Wildman–Crippen MR) is 92.3 cm³/mol. The normalized spacial score (nSPS) is 26.2. The third-order valence-electron chi connectivity index (χ3n) is 5.47. The van der Waals surface area contributed by atoms with E-state index in [0.717, 1.165) is 6.54 Å². The number of hydrogen-bond acceptors (Lipinski definition) is 2. The molecule has 0 saturated carbocycles. The molecule has 0 aromatic carbocycles. The van der Waals surface area contributed by atoms with Crippen LogP contribution in [0.3, 0.4) is 0 Å². The summed E-state index contributed by atoms with van der Waals surface area (Å²) in [5.74, 6) is 2.48. The molecule has 2 rings (SSSR count). The number of rotatable bonds is 2. The highest BCUT2D eigenvalue weighted by Gasteiger charge is 2.34. The summed E-state index contributed by atoms with van der Waals surface area (Å²) in [6.07, 6.45) is 2.11. The van der Waals surface area contributed by atoms with Gasteiger partial charge in [-0.3, -0.25) is 4.98 Å². The molecule has 0 radical (unpaired) electrons. The monoisotopic (exact) mass is 288 g/mol. The van der Waals surface area contributed by atoms with Gasteiger partial charge in [0.1, 0.15) is 0 Å². The molecule has 0 spiro atoms. The van der Waals surface area contributed by atoms with E-state index in [9.17, 15) is 0 Å². The Bertz CT molecular complexity index is 505. The second-order valence-corrected chi connectivity index (χ2v) is 7.59. The first kappa shape index (κ1) is 16.3. The van der Waals surface area contributed by atoms with Gasteiger partial charge in [-0.1, -0.05) is 34.6 Å². The molecule has 1 aliphatic rings. The van der Waals surface area contributed by atoms with Crippen LogP contribution < -0.4 is 4.90 Å². The molecule has 0 amide bonds. The van der Waals surface area contributed by atoms with Crippen LogP contribution >= 0.6 is 0 Å². The number of aromatic nitrogens is 1. The lowest BCUT2D eigenvalue weighted by Gasteiger charge is -2.34. The number of fused-ring (bicyclic) bond motifs is 1. The Morgan fingerprint density at radius 1 is 1.14 bits per heavy atom. The quantitative estimate of drug-likeness (QED) is 0.751. The molecule has 3 atom stereocenters. The summed E-state index contributed by atoms with van der Waals surface area (Å²) in [6.45, 7) is 19.7. The zero-order valence-electron chi connectivity index (χ0n) is 15.1. The topological polar surface area (TPSA) is 16.1 Å². The Kier molecular flexibility index (Phi) is 4.65. The standard InChI is InChI=1S/C19H32N2/c1-11(2)17-9-20-16(8)18-15(7)14(6)13(5)10-21(12(3)4)19(17)18/h9,11-15H,10H2,1-8H3/t13-,14-,15-/m1/s1. The van der Waals surface area contributed by atoms with Crippen molar-refractivity contribution in [3.63, 3.8) is 0 Å². The molecule has 1 aromatic rings. The van der Waals surface area contributed by atoms with Gasteiger partial charge in [-0.05, 0) is 50.0 Å². The van der Waals surface area contributed by atoms with Crippen molar-refractivity contribution in [2.45, 2.75) is 73.3 Å². The van der Waals surface area contributed by atoms with Crippen molar-refractivity contribution in [3.8, 4) is 0 Å². The molecular weight excluding hydrogens is 256 g/mol. The van der Waals surface area contributed by atoms with Gasteiger partial charge in [0.25, 0.3) is 0 Å². The molecule has 0 saturated heterocycles. The van der Waals surface area contributed by atoms with E-state index < -0.39 is 0 Å². The van der Waals surface area contributed by atoms with Crippen molar-refractivity contribution in [1.29, 1.82) is 0 Å². The van der Waals surface area contributed by atoms with E-state index in [1.54, 1.807) is 0 Å². The maximum Gasteiger partial charge on any atom is 0.0472 e. The summed E-state index contributed by atoms with van der Waals surface area (Å²) < 4.78 is 0. The summed E-state index contributed by atoms with van der Waals surface area (Å²) in [4.78, 5) is 7.36. The fourth-order valence-corrected chi connectivity index (χ4v) is 3.70. The van der Waals surface area contributed by atoms with Crippen LogP contribution in [0, 0.1) is 18.8 Å². The van der Waals surface area contributed by atoms with Gasteiger partial charge in [-0.25, -0.2) is 0 Å². The smallest absolute Gasteiger partial charge is 0.0472 e.